The second kappa shape index (κ2) is 6.26. The number of rotatable bonds is 6. The van der Waals surface area contributed by atoms with E-state index in [0.717, 1.165) is 29.9 Å². The number of furan rings is 1. The van der Waals surface area contributed by atoms with Gasteiger partial charge in [0.1, 0.15) is 18.1 Å². The topological polar surface area (TPSA) is 48.4 Å². The lowest BCUT2D eigenvalue weighted by Crippen LogP contribution is -1.95. The predicted octanol–water partition coefficient (Wildman–Crippen LogP) is 3.27. The van der Waals surface area contributed by atoms with E-state index in [2.05, 4.69) is 19.1 Å². The van der Waals surface area contributed by atoms with Gasteiger partial charge in [-0.25, -0.2) is 0 Å². The van der Waals surface area contributed by atoms with E-state index in [1.807, 2.05) is 18.2 Å². The molecule has 0 saturated heterocycles. The molecule has 1 aromatic heterocycles. The molecule has 0 unspecified atom stereocenters. The van der Waals surface area contributed by atoms with Crippen molar-refractivity contribution in [2.24, 2.45) is 5.73 Å². The van der Waals surface area contributed by atoms with Gasteiger partial charge in [0.15, 0.2) is 0 Å². The fraction of sp³-hybridized carbons (Fsp3) is 0.333. The maximum Gasteiger partial charge on any atom is 0.146 e. The molecular formula is C15H19NO2. The van der Waals surface area contributed by atoms with Crippen LogP contribution in [-0.4, -0.2) is 0 Å². The van der Waals surface area contributed by atoms with Gasteiger partial charge in [0.05, 0.1) is 6.26 Å². The third-order valence-corrected chi connectivity index (χ3v) is 2.79. The molecule has 2 aromatic rings. The SMILES string of the molecule is CCCc1ccc(OCc2cc(CN)co2)cc1. The van der Waals surface area contributed by atoms with Crippen molar-refractivity contribution in [1.29, 1.82) is 0 Å². The number of nitrogens with two attached hydrogens (primary N) is 1. The summed E-state index contributed by atoms with van der Waals surface area (Å²) in [5.41, 5.74) is 7.85. The Bertz CT molecular complexity index is 473. The normalized spacial score (nSPS) is 10.6. The van der Waals surface area contributed by atoms with E-state index < -0.39 is 0 Å². The highest BCUT2D eigenvalue weighted by Gasteiger charge is 2.02. The fourth-order valence-electron chi connectivity index (χ4n) is 1.80. The molecular weight excluding hydrogens is 226 g/mol. The first-order chi connectivity index (χ1) is 8.81. The monoisotopic (exact) mass is 245 g/mol. The molecule has 0 aliphatic heterocycles. The lowest BCUT2D eigenvalue weighted by molar-refractivity contribution is 0.270. The van der Waals surface area contributed by atoms with Crippen LogP contribution in [0, 0.1) is 0 Å². The zero-order valence-electron chi connectivity index (χ0n) is 10.7. The predicted molar refractivity (Wildman–Crippen MR) is 71.4 cm³/mol. The lowest BCUT2D eigenvalue weighted by atomic mass is 10.1. The van der Waals surface area contributed by atoms with Crippen molar-refractivity contribution in [2.45, 2.75) is 32.9 Å². The van der Waals surface area contributed by atoms with Crippen LogP contribution in [0.15, 0.2) is 41.0 Å². The average molecular weight is 245 g/mol. The second-order valence-electron chi connectivity index (χ2n) is 4.31. The number of hydrogen-bond acceptors (Lipinski definition) is 3. The molecule has 3 heteroatoms. The summed E-state index contributed by atoms with van der Waals surface area (Å²) < 4.78 is 11.0. The Kier molecular flexibility index (Phi) is 4.42. The lowest BCUT2D eigenvalue weighted by Gasteiger charge is -2.05. The quantitative estimate of drug-likeness (QED) is 0.849. The van der Waals surface area contributed by atoms with Crippen LogP contribution in [0.3, 0.4) is 0 Å². The molecule has 1 heterocycles. The van der Waals surface area contributed by atoms with Gasteiger partial charge in [-0.1, -0.05) is 25.5 Å². The van der Waals surface area contributed by atoms with Gasteiger partial charge in [-0.05, 0) is 30.2 Å². The van der Waals surface area contributed by atoms with Gasteiger partial charge in [-0.3, -0.25) is 0 Å². The standard InChI is InChI=1S/C15H19NO2/c1-2-3-12-4-6-14(7-5-12)18-11-15-8-13(9-16)10-17-15/h4-8,10H,2-3,9,11,16H2,1H3. The van der Waals surface area contributed by atoms with E-state index in [1.54, 1.807) is 6.26 Å². The summed E-state index contributed by atoms with van der Waals surface area (Å²) >= 11 is 0. The molecule has 0 aliphatic carbocycles. The van der Waals surface area contributed by atoms with Crippen LogP contribution in [-0.2, 0) is 19.6 Å². The molecule has 0 spiro atoms. The molecule has 96 valence electrons. The Morgan fingerprint density at radius 2 is 1.94 bits per heavy atom. The Labute approximate surface area is 108 Å². The third-order valence-electron chi connectivity index (χ3n) is 2.79. The number of ether oxygens (including phenoxy) is 1. The number of hydrogen-bond donors (Lipinski definition) is 1. The van der Waals surface area contributed by atoms with Crippen molar-refractivity contribution < 1.29 is 9.15 Å². The van der Waals surface area contributed by atoms with E-state index in [1.165, 1.54) is 5.56 Å². The molecule has 0 radical (unpaired) electrons. The summed E-state index contributed by atoms with van der Waals surface area (Å²) in [6.07, 6.45) is 3.94. The van der Waals surface area contributed by atoms with Crippen molar-refractivity contribution in [2.75, 3.05) is 0 Å². The second-order valence-corrected chi connectivity index (χ2v) is 4.31. The molecule has 0 atom stereocenters. The molecule has 0 amide bonds. The number of benzene rings is 1. The summed E-state index contributed by atoms with van der Waals surface area (Å²) in [6, 6.07) is 10.1. The zero-order valence-corrected chi connectivity index (χ0v) is 10.7. The zero-order chi connectivity index (χ0) is 12.8. The molecule has 0 fully saturated rings. The maximum atomic E-state index is 5.65. The minimum Gasteiger partial charge on any atom is -0.486 e. The molecule has 0 aliphatic rings. The van der Waals surface area contributed by atoms with Crippen LogP contribution in [0.1, 0.15) is 30.2 Å². The van der Waals surface area contributed by atoms with Crippen molar-refractivity contribution in [3.63, 3.8) is 0 Å². The minimum absolute atomic E-state index is 0.438. The summed E-state index contributed by atoms with van der Waals surface area (Å²) in [4.78, 5) is 0. The Morgan fingerprint density at radius 1 is 1.17 bits per heavy atom. The van der Waals surface area contributed by atoms with Crippen molar-refractivity contribution >= 4 is 0 Å². The van der Waals surface area contributed by atoms with Crippen LogP contribution < -0.4 is 10.5 Å². The summed E-state index contributed by atoms with van der Waals surface area (Å²) in [6.45, 7) is 3.11. The first kappa shape index (κ1) is 12.7. The third kappa shape index (κ3) is 3.37. The van der Waals surface area contributed by atoms with E-state index in [9.17, 15) is 0 Å². The van der Waals surface area contributed by atoms with Crippen LogP contribution in [0.4, 0.5) is 0 Å². The van der Waals surface area contributed by atoms with Crippen molar-refractivity contribution in [3.05, 3.63) is 53.5 Å². The van der Waals surface area contributed by atoms with Gasteiger partial charge < -0.3 is 14.9 Å². The largest absolute Gasteiger partial charge is 0.486 e. The summed E-state index contributed by atoms with van der Waals surface area (Å²) in [7, 11) is 0. The first-order valence-corrected chi connectivity index (χ1v) is 6.30. The van der Waals surface area contributed by atoms with Crippen LogP contribution in [0.5, 0.6) is 5.75 Å². The Balaban J connectivity index is 1.89. The molecule has 3 nitrogen and oxygen atoms in total. The highest BCUT2D eigenvalue weighted by atomic mass is 16.5. The van der Waals surface area contributed by atoms with Crippen molar-refractivity contribution in [3.8, 4) is 5.75 Å². The molecule has 2 N–H and O–H groups in total. The highest BCUT2D eigenvalue weighted by Crippen LogP contribution is 2.16. The van der Waals surface area contributed by atoms with Gasteiger partial charge in [-0.2, -0.15) is 0 Å². The van der Waals surface area contributed by atoms with E-state index >= 15 is 0 Å². The van der Waals surface area contributed by atoms with Crippen LogP contribution in [0.2, 0.25) is 0 Å². The Hall–Kier alpha value is -1.74. The number of aryl methyl sites for hydroxylation is 1. The van der Waals surface area contributed by atoms with E-state index in [-0.39, 0.29) is 0 Å². The van der Waals surface area contributed by atoms with Gasteiger partial charge in [0.2, 0.25) is 0 Å². The smallest absolute Gasteiger partial charge is 0.146 e. The summed E-state index contributed by atoms with van der Waals surface area (Å²) in [5, 5.41) is 0. The molecule has 18 heavy (non-hydrogen) atoms. The van der Waals surface area contributed by atoms with Gasteiger partial charge in [0, 0.05) is 12.1 Å². The van der Waals surface area contributed by atoms with Gasteiger partial charge >= 0.3 is 0 Å². The molecule has 0 bridgehead atoms. The van der Waals surface area contributed by atoms with Gasteiger partial charge in [0.25, 0.3) is 0 Å². The van der Waals surface area contributed by atoms with E-state index in [4.69, 9.17) is 14.9 Å². The average Bonchev–Trinajstić information content (AvgIpc) is 2.86. The van der Waals surface area contributed by atoms with Crippen molar-refractivity contribution in [1.82, 2.24) is 0 Å². The summed E-state index contributed by atoms with van der Waals surface area (Å²) in [5.74, 6) is 1.66. The van der Waals surface area contributed by atoms with Crippen LogP contribution >= 0.6 is 0 Å². The Morgan fingerprint density at radius 3 is 2.56 bits per heavy atom. The van der Waals surface area contributed by atoms with Gasteiger partial charge in [-0.15, -0.1) is 0 Å². The molecule has 0 saturated carbocycles. The minimum atomic E-state index is 0.438. The highest BCUT2D eigenvalue weighted by molar-refractivity contribution is 5.27. The van der Waals surface area contributed by atoms with E-state index in [0.29, 0.717) is 13.2 Å². The maximum absolute atomic E-state index is 5.65. The molecule has 1 aromatic carbocycles. The van der Waals surface area contributed by atoms with Crippen LogP contribution in [0.25, 0.3) is 0 Å². The fourth-order valence-corrected chi connectivity index (χ4v) is 1.80. The first-order valence-electron chi connectivity index (χ1n) is 6.30. The molecule has 2 rings (SSSR count).